The SMILES string of the molecule is CCOC(=O)C1=C(C[NH+]2C[C@H](C)C[C@H](C)C2)NC(=O)N[C@H]1c1cccc([N+](=O)[O-])c1. The number of quaternary nitrogens is 1. The molecule has 1 unspecified atom stereocenters. The lowest BCUT2D eigenvalue weighted by atomic mass is 9.91. The molecule has 0 aliphatic carbocycles. The number of hydrogen-bond donors (Lipinski definition) is 3. The molecule has 2 amide bonds. The monoisotopic (exact) mass is 417 g/mol. The fraction of sp³-hybridized carbons (Fsp3) is 0.524. The van der Waals surface area contributed by atoms with Crippen LogP contribution < -0.4 is 15.5 Å². The van der Waals surface area contributed by atoms with Crippen LogP contribution in [0.1, 0.15) is 38.8 Å². The maximum Gasteiger partial charge on any atom is 0.338 e. The van der Waals surface area contributed by atoms with Crippen molar-refractivity contribution in [3.8, 4) is 0 Å². The van der Waals surface area contributed by atoms with Gasteiger partial charge in [0.1, 0.15) is 6.54 Å². The lowest BCUT2D eigenvalue weighted by Crippen LogP contribution is -3.14. The third-order valence-electron chi connectivity index (χ3n) is 5.57. The maximum absolute atomic E-state index is 12.9. The first-order valence-electron chi connectivity index (χ1n) is 10.3. The van der Waals surface area contributed by atoms with E-state index < -0.39 is 23.0 Å². The van der Waals surface area contributed by atoms with Crippen LogP contribution >= 0.6 is 0 Å². The molecule has 1 aromatic carbocycles. The molecule has 2 aliphatic heterocycles. The van der Waals surface area contributed by atoms with Gasteiger partial charge in [0.15, 0.2) is 0 Å². The quantitative estimate of drug-likeness (QED) is 0.367. The van der Waals surface area contributed by atoms with E-state index in [-0.39, 0.29) is 12.3 Å². The number of carbonyl (C=O) groups excluding carboxylic acids is 2. The van der Waals surface area contributed by atoms with E-state index in [2.05, 4.69) is 24.5 Å². The normalized spacial score (nSPS) is 26.6. The van der Waals surface area contributed by atoms with Crippen LogP contribution in [-0.2, 0) is 9.53 Å². The zero-order chi connectivity index (χ0) is 21.8. The molecule has 1 saturated heterocycles. The summed E-state index contributed by atoms with van der Waals surface area (Å²) in [6.07, 6.45) is 1.16. The topological polar surface area (TPSA) is 115 Å². The van der Waals surface area contributed by atoms with E-state index in [1.54, 1.807) is 19.1 Å². The Morgan fingerprint density at radius 3 is 2.63 bits per heavy atom. The zero-order valence-corrected chi connectivity index (χ0v) is 17.6. The summed E-state index contributed by atoms with van der Waals surface area (Å²) in [5.74, 6) is 0.578. The van der Waals surface area contributed by atoms with Crippen molar-refractivity contribution in [3.63, 3.8) is 0 Å². The Kier molecular flexibility index (Phi) is 6.71. The number of nitro benzene ring substituents is 1. The molecule has 3 rings (SSSR count). The first kappa shape index (κ1) is 21.8. The first-order chi connectivity index (χ1) is 14.3. The molecular formula is C21H29N4O5+. The number of piperidine rings is 1. The van der Waals surface area contributed by atoms with Crippen LogP contribution in [0.2, 0.25) is 0 Å². The molecule has 0 spiro atoms. The molecule has 1 aromatic rings. The van der Waals surface area contributed by atoms with Crippen LogP contribution in [0.25, 0.3) is 0 Å². The highest BCUT2D eigenvalue weighted by molar-refractivity contribution is 5.95. The molecule has 1 fully saturated rings. The van der Waals surface area contributed by atoms with Gasteiger partial charge in [-0.05, 0) is 18.9 Å². The molecule has 9 nitrogen and oxygen atoms in total. The maximum atomic E-state index is 12.9. The number of likely N-dealkylation sites (tertiary alicyclic amines) is 1. The van der Waals surface area contributed by atoms with Crippen molar-refractivity contribution in [1.29, 1.82) is 0 Å². The highest BCUT2D eigenvalue weighted by Gasteiger charge is 2.37. The number of esters is 1. The summed E-state index contributed by atoms with van der Waals surface area (Å²) in [6.45, 7) is 8.72. The van der Waals surface area contributed by atoms with Crippen molar-refractivity contribution in [2.24, 2.45) is 11.8 Å². The summed E-state index contributed by atoms with van der Waals surface area (Å²) in [6, 6.07) is 4.72. The third kappa shape index (κ3) is 4.96. The van der Waals surface area contributed by atoms with E-state index in [1.807, 2.05) is 0 Å². The van der Waals surface area contributed by atoms with Gasteiger partial charge >= 0.3 is 12.0 Å². The molecule has 0 saturated carbocycles. The van der Waals surface area contributed by atoms with Gasteiger partial charge in [0.2, 0.25) is 0 Å². The molecule has 4 atom stereocenters. The van der Waals surface area contributed by atoms with Crippen LogP contribution in [0.5, 0.6) is 0 Å². The number of benzene rings is 1. The second kappa shape index (κ2) is 9.25. The van der Waals surface area contributed by atoms with E-state index in [4.69, 9.17) is 4.74 Å². The van der Waals surface area contributed by atoms with Crippen LogP contribution in [0.15, 0.2) is 35.5 Å². The van der Waals surface area contributed by atoms with Gasteiger partial charge in [-0.1, -0.05) is 26.0 Å². The van der Waals surface area contributed by atoms with Crippen molar-refractivity contribution < 1.29 is 24.1 Å². The van der Waals surface area contributed by atoms with Gasteiger partial charge in [0.05, 0.1) is 41.9 Å². The van der Waals surface area contributed by atoms with Gasteiger partial charge in [0, 0.05) is 24.0 Å². The highest BCUT2D eigenvalue weighted by Crippen LogP contribution is 2.29. The Bertz CT molecular complexity index is 859. The van der Waals surface area contributed by atoms with Crippen LogP contribution in [0, 0.1) is 22.0 Å². The molecular weight excluding hydrogens is 388 g/mol. The van der Waals surface area contributed by atoms with Gasteiger partial charge in [-0.25, -0.2) is 9.59 Å². The molecule has 9 heteroatoms. The van der Waals surface area contributed by atoms with E-state index >= 15 is 0 Å². The number of nitrogens with zero attached hydrogens (tertiary/aromatic N) is 1. The smallest absolute Gasteiger partial charge is 0.338 e. The standard InChI is InChI=1S/C21H28N4O5/c1-4-30-20(26)18-17(12-24-10-13(2)8-14(3)11-24)22-21(27)23-19(18)15-6-5-7-16(9-15)25(28)29/h5-7,9,13-14,19H,4,8,10-12H2,1-3H3,(H2,22,23,27)/p+1/t13-,14+,19-/m0/s1. The van der Waals surface area contributed by atoms with Gasteiger partial charge in [-0.15, -0.1) is 0 Å². The number of rotatable bonds is 6. The van der Waals surface area contributed by atoms with Gasteiger partial charge < -0.3 is 20.3 Å². The predicted molar refractivity (Wildman–Crippen MR) is 110 cm³/mol. The summed E-state index contributed by atoms with van der Waals surface area (Å²) in [5, 5.41) is 16.7. The lowest BCUT2D eigenvalue weighted by molar-refractivity contribution is -0.907. The molecule has 162 valence electrons. The predicted octanol–water partition coefficient (Wildman–Crippen LogP) is 1.33. The molecule has 2 heterocycles. The minimum Gasteiger partial charge on any atom is -0.463 e. The average Bonchev–Trinajstić information content (AvgIpc) is 2.67. The summed E-state index contributed by atoms with van der Waals surface area (Å²) in [4.78, 5) is 37.3. The Labute approximate surface area is 175 Å². The Morgan fingerprint density at radius 2 is 2.00 bits per heavy atom. The largest absolute Gasteiger partial charge is 0.463 e. The fourth-order valence-corrected chi connectivity index (χ4v) is 4.59. The van der Waals surface area contributed by atoms with Gasteiger partial charge in [-0.2, -0.15) is 0 Å². The van der Waals surface area contributed by atoms with E-state index in [0.29, 0.717) is 35.2 Å². The second-order valence-corrected chi connectivity index (χ2v) is 8.28. The Morgan fingerprint density at radius 1 is 1.30 bits per heavy atom. The Balaban J connectivity index is 2.01. The first-order valence-corrected chi connectivity index (χ1v) is 10.3. The molecule has 0 radical (unpaired) electrons. The number of ether oxygens (including phenoxy) is 1. The number of urea groups is 1. The Hall–Kier alpha value is -2.94. The van der Waals surface area contributed by atoms with E-state index in [9.17, 15) is 19.7 Å². The van der Waals surface area contributed by atoms with E-state index in [1.165, 1.54) is 17.0 Å². The molecule has 0 aromatic heterocycles. The number of nitrogens with one attached hydrogen (secondary N) is 3. The van der Waals surface area contributed by atoms with Gasteiger partial charge in [0.25, 0.3) is 5.69 Å². The number of hydrogen-bond acceptors (Lipinski definition) is 5. The minimum atomic E-state index is -0.813. The summed E-state index contributed by atoms with van der Waals surface area (Å²) in [5.41, 5.74) is 1.18. The lowest BCUT2D eigenvalue weighted by Gasteiger charge is -2.35. The van der Waals surface area contributed by atoms with E-state index in [0.717, 1.165) is 19.5 Å². The van der Waals surface area contributed by atoms with Crippen molar-refractivity contribution in [2.75, 3.05) is 26.2 Å². The van der Waals surface area contributed by atoms with Crippen molar-refractivity contribution in [1.82, 2.24) is 10.6 Å². The van der Waals surface area contributed by atoms with Crippen molar-refractivity contribution in [3.05, 3.63) is 51.2 Å². The minimum absolute atomic E-state index is 0.102. The summed E-state index contributed by atoms with van der Waals surface area (Å²) in [7, 11) is 0. The van der Waals surface area contributed by atoms with Crippen LogP contribution in [-0.4, -0.2) is 43.2 Å². The number of amides is 2. The zero-order valence-electron chi connectivity index (χ0n) is 17.6. The van der Waals surface area contributed by atoms with Crippen molar-refractivity contribution in [2.45, 2.75) is 33.2 Å². The van der Waals surface area contributed by atoms with Crippen molar-refractivity contribution >= 4 is 17.7 Å². The number of nitro groups is 1. The summed E-state index contributed by atoms with van der Waals surface area (Å²) < 4.78 is 5.28. The third-order valence-corrected chi connectivity index (χ3v) is 5.57. The molecule has 3 N–H and O–H groups in total. The summed E-state index contributed by atoms with van der Waals surface area (Å²) >= 11 is 0. The average molecular weight is 417 g/mol. The molecule has 30 heavy (non-hydrogen) atoms. The highest BCUT2D eigenvalue weighted by atomic mass is 16.6. The fourth-order valence-electron chi connectivity index (χ4n) is 4.59. The van der Waals surface area contributed by atoms with Gasteiger partial charge in [-0.3, -0.25) is 10.1 Å². The van der Waals surface area contributed by atoms with Crippen LogP contribution in [0.3, 0.4) is 0 Å². The van der Waals surface area contributed by atoms with Crippen LogP contribution in [0.4, 0.5) is 10.5 Å². The second-order valence-electron chi connectivity index (χ2n) is 8.28. The molecule has 0 bridgehead atoms. The number of non-ortho nitro benzene ring substituents is 1. The molecule has 2 aliphatic rings. The number of carbonyl (C=O) groups is 2.